The fourth-order valence-corrected chi connectivity index (χ4v) is 2.97. The highest BCUT2D eigenvalue weighted by Gasteiger charge is 2.29. The van der Waals surface area contributed by atoms with E-state index < -0.39 is 0 Å². The van der Waals surface area contributed by atoms with Gasteiger partial charge < -0.3 is 4.90 Å². The van der Waals surface area contributed by atoms with Gasteiger partial charge in [-0.15, -0.1) is 11.8 Å². The first kappa shape index (κ1) is 11.5. The van der Waals surface area contributed by atoms with Crippen molar-refractivity contribution in [1.29, 1.82) is 0 Å². The van der Waals surface area contributed by atoms with Gasteiger partial charge >= 0.3 is 0 Å². The number of hydrogen-bond donors (Lipinski definition) is 0. The van der Waals surface area contributed by atoms with E-state index in [1.54, 1.807) is 0 Å². The number of hydrogen-bond acceptors (Lipinski definition) is 2. The number of benzene rings is 1. The number of carbonyl (C=O) groups is 1. The van der Waals surface area contributed by atoms with Crippen molar-refractivity contribution in [2.75, 3.05) is 10.7 Å². The minimum absolute atomic E-state index is 0.0543. The minimum Gasteiger partial charge on any atom is -0.307 e. The van der Waals surface area contributed by atoms with Crippen molar-refractivity contribution >= 4 is 23.4 Å². The summed E-state index contributed by atoms with van der Waals surface area (Å²) in [6.07, 6.45) is 0. The molecule has 0 aromatic heterocycles. The predicted octanol–water partition coefficient (Wildman–Crippen LogP) is 3.17. The highest BCUT2D eigenvalue weighted by Crippen LogP contribution is 2.37. The van der Waals surface area contributed by atoms with Crippen molar-refractivity contribution < 1.29 is 4.79 Å². The molecule has 1 aliphatic heterocycles. The molecule has 3 heteroatoms. The van der Waals surface area contributed by atoms with Gasteiger partial charge in [0.05, 0.1) is 5.69 Å². The molecule has 1 aliphatic rings. The van der Waals surface area contributed by atoms with Crippen molar-refractivity contribution in [1.82, 2.24) is 0 Å². The third-order valence-corrected chi connectivity index (χ3v) is 4.08. The molecule has 2 rings (SSSR count). The molecule has 1 atom stereocenters. The Balaban J connectivity index is 2.40. The van der Waals surface area contributed by atoms with Gasteiger partial charge in [0.2, 0.25) is 5.91 Å². The van der Waals surface area contributed by atoms with Crippen LogP contribution < -0.4 is 4.90 Å². The highest BCUT2D eigenvalue weighted by atomic mass is 32.2. The summed E-state index contributed by atoms with van der Waals surface area (Å²) in [6.45, 7) is 6.03. The Morgan fingerprint density at radius 2 is 2.12 bits per heavy atom. The average molecular weight is 235 g/mol. The SMILES string of the molecule is CC(C)C(=O)N1c2ccccc2SCC1C. The molecule has 1 aromatic rings. The molecule has 1 unspecified atom stereocenters. The summed E-state index contributed by atoms with van der Waals surface area (Å²) in [5, 5.41) is 0. The second-order valence-corrected chi connectivity index (χ2v) is 5.55. The molecule has 0 radical (unpaired) electrons. The highest BCUT2D eigenvalue weighted by molar-refractivity contribution is 7.99. The first-order chi connectivity index (χ1) is 7.61. The van der Waals surface area contributed by atoms with Gasteiger partial charge in [-0.25, -0.2) is 0 Å². The van der Waals surface area contributed by atoms with Crippen LogP contribution in [0.3, 0.4) is 0 Å². The lowest BCUT2D eigenvalue weighted by atomic mass is 10.1. The number of thioether (sulfide) groups is 1. The molecule has 0 fully saturated rings. The molecule has 0 N–H and O–H groups in total. The van der Waals surface area contributed by atoms with E-state index in [4.69, 9.17) is 0 Å². The predicted molar refractivity (Wildman–Crippen MR) is 69.0 cm³/mol. The molecule has 0 aliphatic carbocycles. The van der Waals surface area contributed by atoms with Crippen molar-refractivity contribution in [2.45, 2.75) is 31.7 Å². The normalized spacial score (nSPS) is 19.8. The first-order valence-corrected chi connectivity index (χ1v) is 6.64. The first-order valence-electron chi connectivity index (χ1n) is 5.66. The number of anilines is 1. The number of rotatable bonds is 1. The zero-order valence-electron chi connectivity index (χ0n) is 9.93. The van der Waals surface area contributed by atoms with Crippen molar-refractivity contribution in [3.63, 3.8) is 0 Å². The van der Waals surface area contributed by atoms with Gasteiger partial charge in [0, 0.05) is 22.6 Å². The zero-order chi connectivity index (χ0) is 11.7. The Hall–Kier alpha value is -0.960. The molecule has 2 nitrogen and oxygen atoms in total. The van der Waals surface area contributed by atoms with Crippen LogP contribution in [0.5, 0.6) is 0 Å². The molecular weight excluding hydrogens is 218 g/mol. The summed E-state index contributed by atoms with van der Waals surface area (Å²) in [6, 6.07) is 8.44. The maximum atomic E-state index is 12.2. The fraction of sp³-hybridized carbons (Fsp3) is 0.462. The quantitative estimate of drug-likeness (QED) is 0.745. The third kappa shape index (κ3) is 1.96. The van der Waals surface area contributed by atoms with Gasteiger partial charge in [-0.2, -0.15) is 0 Å². The number of para-hydroxylation sites is 1. The molecule has 0 spiro atoms. The Kier molecular flexibility index (Phi) is 3.24. The van der Waals surface area contributed by atoms with E-state index >= 15 is 0 Å². The van der Waals surface area contributed by atoms with Crippen LogP contribution >= 0.6 is 11.8 Å². The van der Waals surface area contributed by atoms with Gasteiger partial charge in [-0.05, 0) is 19.1 Å². The summed E-state index contributed by atoms with van der Waals surface area (Å²) in [5.74, 6) is 1.26. The Bertz CT molecular complexity index is 403. The van der Waals surface area contributed by atoms with Crippen LogP contribution in [0.1, 0.15) is 20.8 Å². The van der Waals surface area contributed by atoms with E-state index in [1.807, 2.05) is 48.7 Å². The summed E-state index contributed by atoms with van der Waals surface area (Å²) in [7, 11) is 0. The lowest BCUT2D eigenvalue weighted by Gasteiger charge is -2.35. The molecule has 16 heavy (non-hydrogen) atoms. The van der Waals surface area contributed by atoms with Crippen molar-refractivity contribution in [2.24, 2.45) is 5.92 Å². The number of nitrogens with zero attached hydrogens (tertiary/aromatic N) is 1. The van der Waals surface area contributed by atoms with Crippen LogP contribution in [0, 0.1) is 5.92 Å². The van der Waals surface area contributed by atoms with E-state index in [0.717, 1.165) is 11.4 Å². The van der Waals surface area contributed by atoms with Crippen LogP contribution in [0.15, 0.2) is 29.2 Å². The summed E-state index contributed by atoms with van der Waals surface area (Å²) in [4.78, 5) is 15.4. The maximum absolute atomic E-state index is 12.2. The average Bonchev–Trinajstić information content (AvgIpc) is 2.28. The molecule has 0 saturated carbocycles. The van der Waals surface area contributed by atoms with E-state index in [0.29, 0.717) is 0 Å². The Morgan fingerprint density at radius 3 is 2.81 bits per heavy atom. The summed E-state index contributed by atoms with van der Waals surface area (Å²) < 4.78 is 0. The van der Waals surface area contributed by atoms with Crippen LogP contribution in [0.4, 0.5) is 5.69 Å². The van der Waals surface area contributed by atoms with Gasteiger partial charge in [0.25, 0.3) is 0 Å². The van der Waals surface area contributed by atoms with Crippen LogP contribution in [-0.2, 0) is 4.79 Å². The Morgan fingerprint density at radius 1 is 1.44 bits per heavy atom. The van der Waals surface area contributed by atoms with E-state index in [9.17, 15) is 4.79 Å². The largest absolute Gasteiger partial charge is 0.307 e. The van der Waals surface area contributed by atoms with E-state index in [-0.39, 0.29) is 17.9 Å². The molecule has 1 heterocycles. The van der Waals surface area contributed by atoms with Crippen LogP contribution in [0.2, 0.25) is 0 Å². The second kappa shape index (κ2) is 4.50. The third-order valence-electron chi connectivity index (χ3n) is 2.78. The lowest BCUT2D eigenvalue weighted by Crippen LogP contribution is -2.44. The van der Waals surface area contributed by atoms with Crippen LogP contribution in [0.25, 0.3) is 0 Å². The molecule has 0 bridgehead atoms. The molecule has 1 amide bonds. The van der Waals surface area contributed by atoms with E-state index in [2.05, 4.69) is 13.0 Å². The minimum atomic E-state index is 0.0543. The van der Waals surface area contributed by atoms with E-state index in [1.165, 1.54) is 4.90 Å². The summed E-state index contributed by atoms with van der Waals surface area (Å²) >= 11 is 1.84. The molecule has 86 valence electrons. The number of carbonyl (C=O) groups excluding carboxylic acids is 1. The fourth-order valence-electron chi connectivity index (χ4n) is 1.91. The second-order valence-electron chi connectivity index (χ2n) is 4.49. The number of amides is 1. The number of fused-ring (bicyclic) bond motifs is 1. The topological polar surface area (TPSA) is 20.3 Å². The van der Waals surface area contributed by atoms with Gasteiger partial charge in [0.15, 0.2) is 0 Å². The standard InChI is InChI=1S/C13H17NOS/c1-9(2)13(15)14-10(3)8-16-12-7-5-4-6-11(12)14/h4-7,9-10H,8H2,1-3H3. The van der Waals surface area contributed by atoms with Crippen molar-refractivity contribution in [3.8, 4) is 0 Å². The zero-order valence-corrected chi connectivity index (χ0v) is 10.8. The van der Waals surface area contributed by atoms with Gasteiger partial charge in [0.1, 0.15) is 0 Å². The molecular formula is C13H17NOS. The lowest BCUT2D eigenvalue weighted by molar-refractivity contribution is -0.121. The van der Waals surface area contributed by atoms with Gasteiger partial charge in [-0.1, -0.05) is 26.0 Å². The Labute approximate surface area is 101 Å². The molecule has 0 saturated heterocycles. The molecule has 1 aromatic carbocycles. The maximum Gasteiger partial charge on any atom is 0.229 e. The smallest absolute Gasteiger partial charge is 0.229 e. The van der Waals surface area contributed by atoms with Crippen LogP contribution in [-0.4, -0.2) is 17.7 Å². The summed E-state index contributed by atoms with van der Waals surface area (Å²) in [5.41, 5.74) is 1.07. The van der Waals surface area contributed by atoms with Gasteiger partial charge in [-0.3, -0.25) is 4.79 Å². The monoisotopic (exact) mass is 235 g/mol. The van der Waals surface area contributed by atoms with Crippen molar-refractivity contribution in [3.05, 3.63) is 24.3 Å².